The highest BCUT2D eigenvalue weighted by molar-refractivity contribution is 8.01. The lowest BCUT2D eigenvalue weighted by atomic mass is 10.1. The zero-order valence-corrected chi connectivity index (χ0v) is 10.5. The molecule has 1 saturated heterocycles. The van der Waals surface area contributed by atoms with E-state index in [9.17, 15) is 4.79 Å². The van der Waals surface area contributed by atoms with Gasteiger partial charge in [0.1, 0.15) is 10.9 Å². The van der Waals surface area contributed by atoms with Crippen LogP contribution in [0.2, 0.25) is 0 Å². The average molecular weight is 232 g/mol. The van der Waals surface area contributed by atoms with Gasteiger partial charge in [-0.15, -0.1) is 11.8 Å². The van der Waals surface area contributed by atoms with Crippen molar-refractivity contribution in [3.63, 3.8) is 0 Å². The molecule has 0 unspecified atom stereocenters. The van der Waals surface area contributed by atoms with Gasteiger partial charge in [-0.3, -0.25) is 4.79 Å². The smallest absolute Gasteiger partial charge is 0.319 e. The minimum atomic E-state index is -0.396. The van der Waals surface area contributed by atoms with Gasteiger partial charge in [0.25, 0.3) is 0 Å². The van der Waals surface area contributed by atoms with Crippen LogP contribution in [-0.4, -0.2) is 33.8 Å². The monoisotopic (exact) mass is 232 g/mol. The standard InChI is InChI=1S/C11H20O3S/c1-11(2,3)14-10(13)9-5-4-8(15-9)6-7-12/h8-9,12H,4-7H2,1-3H3/t8-,9+/m1/s1. The predicted molar refractivity (Wildman–Crippen MR) is 61.9 cm³/mol. The molecule has 0 aromatic rings. The molecule has 0 aromatic carbocycles. The quantitative estimate of drug-likeness (QED) is 0.756. The Balaban J connectivity index is 2.37. The third-order valence-electron chi connectivity index (χ3n) is 2.23. The molecule has 1 N–H and O–H groups in total. The van der Waals surface area contributed by atoms with Crippen molar-refractivity contribution < 1.29 is 14.6 Å². The predicted octanol–water partition coefficient (Wildman–Crippen LogP) is 1.97. The molecule has 3 nitrogen and oxygen atoms in total. The molecule has 0 bridgehead atoms. The summed E-state index contributed by atoms with van der Waals surface area (Å²) in [5, 5.41) is 9.21. The summed E-state index contributed by atoms with van der Waals surface area (Å²) < 4.78 is 5.33. The minimum absolute atomic E-state index is 0.0271. The van der Waals surface area contributed by atoms with Gasteiger partial charge in [-0.2, -0.15) is 0 Å². The van der Waals surface area contributed by atoms with Crippen molar-refractivity contribution in [3.05, 3.63) is 0 Å². The molecule has 1 aliphatic heterocycles. The Morgan fingerprint density at radius 3 is 2.67 bits per heavy atom. The number of hydrogen-bond donors (Lipinski definition) is 1. The maximum atomic E-state index is 11.7. The van der Waals surface area contributed by atoms with Crippen molar-refractivity contribution in [2.45, 2.75) is 56.1 Å². The maximum absolute atomic E-state index is 11.7. The van der Waals surface area contributed by atoms with Crippen LogP contribution in [0, 0.1) is 0 Å². The summed E-state index contributed by atoms with van der Waals surface area (Å²) in [4.78, 5) is 11.7. The van der Waals surface area contributed by atoms with Crippen molar-refractivity contribution in [1.82, 2.24) is 0 Å². The van der Waals surface area contributed by atoms with Crippen molar-refractivity contribution in [3.8, 4) is 0 Å². The van der Waals surface area contributed by atoms with E-state index in [0.29, 0.717) is 5.25 Å². The number of aliphatic hydroxyl groups is 1. The molecule has 0 radical (unpaired) electrons. The van der Waals surface area contributed by atoms with E-state index in [0.717, 1.165) is 19.3 Å². The summed E-state index contributed by atoms with van der Waals surface area (Å²) >= 11 is 1.65. The summed E-state index contributed by atoms with van der Waals surface area (Å²) in [6, 6.07) is 0. The fourth-order valence-corrected chi connectivity index (χ4v) is 3.01. The van der Waals surface area contributed by atoms with Crippen molar-refractivity contribution >= 4 is 17.7 Å². The van der Waals surface area contributed by atoms with E-state index in [-0.39, 0.29) is 17.8 Å². The summed E-state index contributed by atoms with van der Waals surface area (Å²) in [6.45, 7) is 5.86. The Bertz CT molecular complexity index is 222. The second-order valence-corrected chi connectivity index (χ2v) is 6.38. The fraction of sp³-hybridized carbons (Fsp3) is 0.909. The van der Waals surface area contributed by atoms with Crippen LogP contribution in [0.15, 0.2) is 0 Å². The highest BCUT2D eigenvalue weighted by atomic mass is 32.2. The maximum Gasteiger partial charge on any atom is 0.319 e. The second kappa shape index (κ2) is 5.21. The molecule has 0 aliphatic carbocycles. The van der Waals surface area contributed by atoms with Gasteiger partial charge in [0, 0.05) is 11.9 Å². The molecule has 1 fully saturated rings. The minimum Gasteiger partial charge on any atom is -0.459 e. The van der Waals surface area contributed by atoms with Crippen LogP contribution in [0.1, 0.15) is 40.0 Å². The van der Waals surface area contributed by atoms with Crippen LogP contribution in [0.4, 0.5) is 0 Å². The molecule has 0 amide bonds. The van der Waals surface area contributed by atoms with E-state index in [1.54, 1.807) is 11.8 Å². The van der Waals surface area contributed by atoms with E-state index in [4.69, 9.17) is 9.84 Å². The first-order valence-corrected chi connectivity index (χ1v) is 6.36. The highest BCUT2D eigenvalue weighted by Crippen LogP contribution is 2.36. The van der Waals surface area contributed by atoms with E-state index < -0.39 is 5.60 Å². The Hall–Kier alpha value is -0.220. The number of carbonyl (C=O) groups excluding carboxylic acids is 1. The molecule has 2 atom stereocenters. The van der Waals surface area contributed by atoms with E-state index in [1.165, 1.54) is 0 Å². The van der Waals surface area contributed by atoms with Crippen LogP contribution in [0.25, 0.3) is 0 Å². The van der Waals surface area contributed by atoms with Gasteiger partial charge in [0.2, 0.25) is 0 Å². The van der Waals surface area contributed by atoms with Crippen LogP contribution in [0.3, 0.4) is 0 Å². The number of ether oxygens (including phenoxy) is 1. The SMILES string of the molecule is CC(C)(C)OC(=O)[C@@H]1CC[C@H](CCO)S1. The molecule has 1 rings (SSSR count). The Kier molecular flexibility index (Phi) is 4.46. The molecular weight excluding hydrogens is 212 g/mol. The number of aliphatic hydroxyl groups excluding tert-OH is 1. The highest BCUT2D eigenvalue weighted by Gasteiger charge is 2.33. The molecule has 0 saturated carbocycles. The lowest BCUT2D eigenvalue weighted by molar-refractivity contribution is -0.154. The lowest BCUT2D eigenvalue weighted by Gasteiger charge is -2.21. The molecule has 15 heavy (non-hydrogen) atoms. The largest absolute Gasteiger partial charge is 0.459 e. The number of carbonyl (C=O) groups is 1. The van der Waals surface area contributed by atoms with Crippen molar-refractivity contribution in [1.29, 1.82) is 0 Å². The third kappa shape index (κ3) is 4.43. The number of hydrogen-bond acceptors (Lipinski definition) is 4. The molecule has 1 heterocycles. The molecule has 88 valence electrons. The topological polar surface area (TPSA) is 46.5 Å². The first kappa shape index (κ1) is 12.8. The molecule has 4 heteroatoms. The zero-order valence-electron chi connectivity index (χ0n) is 9.66. The summed E-state index contributed by atoms with van der Waals surface area (Å²) in [6.07, 6.45) is 2.67. The number of thioether (sulfide) groups is 1. The lowest BCUT2D eigenvalue weighted by Crippen LogP contribution is -2.29. The first-order chi connectivity index (χ1) is 6.92. The van der Waals surface area contributed by atoms with Crippen LogP contribution < -0.4 is 0 Å². The molecular formula is C11H20O3S. The number of esters is 1. The average Bonchev–Trinajstić information content (AvgIpc) is 2.50. The van der Waals surface area contributed by atoms with E-state index in [1.807, 2.05) is 20.8 Å². The van der Waals surface area contributed by atoms with Gasteiger partial charge in [-0.05, 0) is 40.0 Å². The summed E-state index contributed by atoms with van der Waals surface area (Å²) in [7, 11) is 0. The van der Waals surface area contributed by atoms with Gasteiger partial charge in [0.05, 0.1) is 0 Å². The van der Waals surface area contributed by atoms with Crippen LogP contribution in [0.5, 0.6) is 0 Å². The van der Waals surface area contributed by atoms with Gasteiger partial charge < -0.3 is 9.84 Å². The van der Waals surface area contributed by atoms with Gasteiger partial charge in [0.15, 0.2) is 0 Å². The molecule has 0 spiro atoms. The summed E-state index contributed by atoms with van der Waals surface area (Å²) in [5.74, 6) is -0.104. The normalized spacial score (nSPS) is 26.7. The van der Waals surface area contributed by atoms with Crippen LogP contribution >= 0.6 is 11.8 Å². The summed E-state index contributed by atoms with van der Waals surface area (Å²) in [5.41, 5.74) is -0.396. The fourth-order valence-electron chi connectivity index (χ4n) is 1.60. The Labute approximate surface area is 95.6 Å². The van der Waals surface area contributed by atoms with Crippen molar-refractivity contribution in [2.24, 2.45) is 0 Å². The Morgan fingerprint density at radius 2 is 2.13 bits per heavy atom. The van der Waals surface area contributed by atoms with Gasteiger partial charge in [-0.25, -0.2) is 0 Å². The van der Waals surface area contributed by atoms with Gasteiger partial charge >= 0.3 is 5.97 Å². The second-order valence-electron chi connectivity index (χ2n) is 4.87. The third-order valence-corrected chi connectivity index (χ3v) is 3.84. The van der Waals surface area contributed by atoms with Crippen LogP contribution in [-0.2, 0) is 9.53 Å². The molecule has 0 aromatic heterocycles. The van der Waals surface area contributed by atoms with E-state index in [2.05, 4.69) is 0 Å². The van der Waals surface area contributed by atoms with E-state index >= 15 is 0 Å². The zero-order chi connectivity index (χ0) is 11.5. The van der Waals surface area contributed by atoms with Gasteiger partial charge in [-0.1, -0.05) is 0 Å². The van der Waals surface area contributed by atoms with Crippen molar-refractivity contribution in [2.75, 3.05) is 6.61 Å². The Morgan fingerprint density at radius 1 is 1.47 bits per heavy atom. The molecule has 1 aliphatic rings. The first-order valence-electron chi connectivity index (χ1n) is 5.41. The number of rotatable bonds is 3.